The van der Waals surface area contributed by atoms with Crippen LogP contribution >= 0.6 is 12.0 Å². The first-order chi connectivity index (χ1) is 9.27. The van der Waals surface area contributed by atoms with Crippen LogP contribution in [0.3, 0.4) is 0 Å². The van der Waals surface area contributed by atoms with Crippen LogP contribution in [0.1, 0.15) is 40.1 Å². The Labute approximate surface area is 119 Å². The predicted molar refractivity (Wildman–Crippen MR) is 72.7 cm³/mol. The van der Waals surface area contributed by atoms with E-state index in [-0.39, 0.29) is 11.1 Å². The second-order valence-corrected chi connectivity index (χ2v) is 5.60. The molecule has 0 heterocycles. The fourth-order valence-electron chi connectivity index (χ4n) is 1.39. The zero-order valence-corrected chi connectivity index (χ0v) is 11.6. The lowest BCUT2D eigenvalue weighted by atomic mass is 9.97. The topological polar surface area (TPSA) is 105 Å². The minimum atomic E-state index is -1.21. The van der Waals surface area contributed by atoms with Gasteiger partial charge in [0.25, 0.3) is 0 Å². The number of carboxylic acids is 2. The molecule has 0 saturated carbocycles. The number of oxime groups is 1. The number of hydrogen-bond donors (Lipinski definition) is 2. The molecule has 8 heteroatoms. The van der Waals surface area contributed by atoms with E-state index in [2.05, 4.69) is 16.9 Å². The Hall–Kier alpha value is -2.06. The molecule has 0 aliphatic carbocycles. The molecule has 1 aromatic carbocycles. The van der Waals surface area contributed by atoms with E-state index in [1.165, 1.54) is 12.1 Å². The van der Waals surface area contributed by atoms with E-state index in [1.54, 1.807) is 13.8 Å². The van der Waals surface area contributed by atoms with Gasteiger partial charge in [-0.2, -0.15) is 0 Å². The van der Waals surface area contributed by atoms with E-state index in [0.717, 1.165) is 18.1 Å². The summed E-state index contributed by atoms with van der Waals surface area (Å²) in [6.45, 7) is 6.50. The highest BCUT2D eigenvalue weighted by atomic mass is 32.2. The molecule has 0 bridgehead atoms. The van der Waals surface area contributed by atoms with Crippen LogP contribution in [0.25, 0.3) is 0 Å². The molecule has 0 aromatic heterocycles. The van der Waals surface area contributed by atoms with Crippen molar-refractivity contribution in [1.82, 2.24) is 0 Å². The minimum Gasteiger partial charge on any atom is -0.478 e. The van der Waals surface area contributed by atoms with Gasteiger partial charge in [-0.25, -0.2) is 14.6 Å². The lowest BCUT2D eigenvalue weighted by Gasteiger charge is -2.22. The van der Waals surface area contributed by atoms with Crippen molar-refractivity contribution in [3.05, 3.63) is 34.9 Å². The quantitative estimate of drug-likeness (QED) is 0.262. The monoisotopic (exact) mass is 299 g/mol. The molecule has 2 N–H and O–H groups in total. The van der Waals surface area contributed by atoms with Gasteiger partial charge in [-0.3, -0.25) is 0 Å². The van der Waals surface area contributed by atoms with Crippen molar-refractivity contribution in [2.45, 2.75) is 18.6 Å². The fraction of sp³-hybridized carbons (Fsp3) is 0.250. The third kappa shape index (κ3) is 3.97. The number of aromatic carboxylic acids is 2. The predicted octanol–water partition coefficient (Wildman–Crippen LogP) is 2.53. The Morgan fingerprint density at radius 1 is 1.20 bits per heavy atom. The van der Waals surface area contributed by atoms with Crippen molar-refractivity contribution in [3.63, 3.8) is 0 Å². The van der Waals surface area contributed by atoms with E-state index in [1.807, 2.05) is 0 Å². The van der Waals surface area contributed by atoms with E-state index in [4.69, 9.17) is 14.5 Å². The molecule has 7 nitrogen and oxygen atoms in total. The first-order valence-electron chi connectivity index (χ1n) is 5.37. The summed E-state index contributed by atoms with van der Waals surface area (Å²) >= 11 is 0.855. The number of nitrogens with zero attached hydrogens (tertiary/aromatic N) is 1. The van der Waals surface area contributed by atoms with Crippen molar-refractivity contribution in [2.24, 2.45) is 5.16 Å². The lowest BCUT2D eigenvalue weighted by Crippen LogP contribution is -2.15. The van der Waals surface area contributed by atoms with Crippen LogP contribution in [0.5, 0.6) is 0 Å². The molecule has 0 atom stereocenters. The zero-order valence-electron chi connectivity index (χ0n) is 10.8. The second kappa shape index (κ2) is 6.40. The lowest BCUT2D eigenvalue weighted by molar-refractivity contribution is -0.190. The van der Waals surface area contributed by atoms with E-state index in [9.17, 15) is 9.59 Å². The summed E-state index contributed by atoms with van der Waals surface area (Å²) in [5.74, 6) is -2.42. The van der Waals surface area contributed by atoms with Gasteiger partial charge in [0.15, 0.2) is 0 Å². The summed E-state index contributed by atoms with van der Waals surface area (Å²) in [7, 11) is 0. The van der Waals surface area contributed by atoms with Gasteiger partial charge in [-0.15, -0.1) is 0 Å². The molecule has 0 spiro atoms. The van der Waals surface area contributed by atoms with Gasteiger partial charge in [0.1, 0.15) is 0 Å². The summed E-state index contributed by atoms with van der Waals surface area (Å²) in [6.07, 6.45) is 0. The molecule has 0 aliphatic heterocycles. The molecule has 1 aromatic rings. The molecule has 0 radical (unpaired) electrons. The Morgan fingerprint density at radius 2 is 1.70 bits per heavy atom. The van der Waals surface area contributed by atoms with Crippen molar-refractivity contribution >= 4 is 30.7 Å². The van der Waals surface area contributed by atoms with Crippen molar-refractivity contribution in [3.8, 4) is 0 Å². The maximum absolute atomic E-state index is 11.0. The van der Waals surface area contributed by atoms with Gasteiger partial charge in [-0.05, 0) is 37.6 Å². The van der Waals surface area contributed by atoms with Gasteiger partial charge >= 0.3 is 11.9 Å². The first-order valence-corrected chi connectivity index (χ1v) is 6.12. The van der Waals surface area contributed by atoms with Gasteiger partial charge in [0, 0.05) is 6.72 Å². The molecule has 1 rings (SSSR count). The molecule has 0 unspecified atom stereocenters. The van der Waals surface area contributed by atoms with Gasteiger partial charge < -0.3 is 10.2 Å². The van der Waals surface area contributed by atoms with Gasteiger partial charge in [-0.1, -0.05) is 9.49 Å². The highest BCUT2D eigenvalue weighted by molar-refractivity contribution is 7.95. The summed E-state index contributed by atoms with van der Waals surface area (Å²) in [4.78, 5) is 26.4. The number of hydrogen-bond acceptors (Lipinski definition) is 6. The number of rotatable bonds is 7. The summed E-state index contributed by atoms with van der Waals surface area (Å²) in [5, 5.41) is 21.1. The van der Waals surface area contributed by atoms with Gasteiger partial charge in [0.05, 0.1) is 27.9 Å². The van der Waals surface area contributed by atoms with Crippen LogP contribution in [-0.4, -0.2) is 28.9 Å². The maximum Gasteiger partial charge on any atom is 0.335 e. The van der Waals surface area contributed by atoms with E-state index < -0.39 is 16.7 Å². The zero-order chi connectivity index (χ0) is 15.3. The molecule has 0 saturated heterocycles. The molecule has 0 amide bonds. The molecular formula is C12H13NO6S. The highest BCUT2D eigenvalue weighted by Gasteiger charge is 2.26. The Kier molecular flexibility index (Phi) is 5.12. The standard InChI is InChI=1S/C12H13NO6S/c1-12(2,20-19-18-13-3)9-5-7(10(14)15)4-8(6-9)11(16)17/h4-6H,3H2,1-2H3,(H,14,15)(H,16,17). The molecule has 0 fully saturated rings. The maximum atomic E-state index is 11.0. The van der Waals surface area contributed by atoms with Crippen LogP contribution < -0.4 is 0 Å². The summed E-state index contributed by atoms with van der Waals surface area (Å²) in [6, 6.07) is 3.86. The average Bonchev–Trinajstić information content (AvgIpc) is 2.38. The normalized spacial score (nSPS) is 10.9. The van der Waals surface area contributed by atoms with Crippen LogP contribution in [0.2, 0.25) is 0 Å². The SMILES string of the molecule is C=NOOSC(C)(C)c1cc(C(=O)O)cc(C(=O)O)c1. The third-order valence-electron chi connectivity index (χ3n) is 2.45. The molecule has 20 heavy (non-hydrogen) atoms. The fourth-order valence-corrected chi connectivity index (χ4v) is 1.85. The van der Waals surface area contributed by atoms with E-state index >= 15 is 0 Å². The van der Waals surface area contributed by atoms with E-state index in [0.29, 0.717) is 5.56 Å². The Balaban J connectivity index is 3.18. The third-order valence-corrected chi connectivity index (χ3v) is 3.23. The largest absolute Gasteiger partial charge is 0.478 e. The van der Waals surface area contributed by atoms with Crippen molar-refractivity contribution < 1.29 is 29.1 Å². The van der Waals surface area contributed by atoms with Crippen molar-refractivity contribution in [1.29, 1.82) is 0 Å². The smallest absolute Gasteiger partial charge is 0.335 e. The number of benzene rings is 1. The van der Waals surface area contributed by atoms with Crippen LogP contribution in [0.15, 0.2) is 23.4 Å². The Bertz CT molecular complexity index is 510. The first kappa shape index (κ1) is 16.0. The minimum absolute atomic E-state index is 0.115. The number of carboxylic acid groups (broad SMARTS) is 2. The van der Waals surface area contributed by atoms with Crippen LogP contribution in [0, 0.1) is 0 Å². The van der Waals surface area contributed by atoms with Crippen molar-refractivity contribution in [2.75, 3.05) is 0 Å². The van der Waals surface area contributed by atoms with Gasteiger partial charge in [0.2, 0.25) is 0 Å². The van der Waals surface area contributed by atoms with Crippen LogP contribution in [0.4, 0.5) is 0 Å². The summed E-state index contributed by atoms with van der Waals surface area (Å²) < 4.78 is 3.95. The number of carbonyl (C=O) groups is 2. The average molecular weight is 299 g/mol. The highest BCUT2D eigenvalue weighted by Crippen LogP contribution is 2.37. The van der Waals surface area contributed by atoms with Crippen LogP contribution in [-0.2, 0) is 14.1 Å². The second-order valence-electron chi connectivity index (χ2n) is 4.27. The molecule has 0 aliphatic rings. The molecular weight excluding hydrogens is 286 g/mol. The summed E-state index contributed by atoms with van der Waals surface area (Å²) in [5.41, 5.74) is 0.236. The molecule has 108 valence electrons. The Morgan fingerprint density at radius 3 is 2.10 bits per heavy atom.